The fourth-order valence-corrected chi connectivity index (χ4v) is 1.26. The molecule has 1 aromatic heterocycles. The van der Waals surface area contributed by atoms with Crippen molar-refractivity contribution in [3.8, 4) is 0 Å². The van der Waals surface area contributed by atoms with Crippen LogP contribution >= 0.6 is 0 Å². The maximum absolute atomic E-state index is 5.51. The Balaban J connectivity index is 2.53. The number of hydrogen-bond donors (Lipinski definition) is 2. The Morgan fingerprint density at radius 2 is 2.15 bits per heavy atom. The van der Waals surface area contributed by atoms with Crippen LogP contribution in [0, 0.1) is 6.92 Å². The van der Waals surface area contributed by atoms with E-state index >= 15 is 0 Å². The highest BCUT2D eigenvalue weighted by atomic mass is 16.3. The molecule has 0 spiro atoms. The van der Waals surface area contributed by atoms with Crippen LogP contribution in [0.2, 0.25) is 0 Å². The molecule has 3 nitrogen and oxygen atoms in total. The second-order valence-electron chi connectivity index (χ2n) is 3.47. The molecule has 1 rings (SSSR count). The minimum Gasteiger partial charge on any atom is -0.465 e. The van der Waals surface area contributed by atoms with Gasteiger partial charge in [0.25, 0.3) is 0 Å². The molecule has 13 heavy (non-hydrogen) atoms. The monoisotopic (exact) mass is 182 g/mol. The normalized spacial score (nSPS) is 15.7. The molecule has 0 amide bonds. The number of nitrogens with two attached hydrogens (primary N) is 1. The Hall–Kier alpha value is -0.800. The van der Waals surface area contributed by atoms with E-state index in [9.17, 15) is 0 Å². The van der Waals surface area contributed by atoms with E-state index < -0.39 is 0 Å². The van der Waals surface area contributed by atoms with Crippen molar-refractivity contribution < 1.29 is 4.42 Å². The van der Waals surface area contributed by atoms with E-state index in [1.807, 2.05) is 19.1 Å². The molecule has 1 heterocycles. The SMILES string of the molecule is Cc1ccc(C(C)NC(C)CN)o1. The molecule has 0 bridgehead atoms. The van der Waals surface area contributed by atoms with Crippen LogP contribution in [0.3, 0.4) is 0 Å². The summed E-state index contributed by atoms with van der Waals surface area (Å²) in [7, 11) is 0. The highest BCUT2D eigenvalue weighted by Crippen LogP contribution is 2.15. The van der Waals surface area contributed by atoms with Gasteiger partial charge in [0.2, 0.25) is 0 Å². The number of furan rings is 1. The molecule has 2 atom stereocenters. The lowest BCUT2D eigenvalue weighted by Crippen LogP contribution is -2.34. The van der Waals surface area contributed by atoms with Gasteiger partial charge in [0.05, 0.1) is 6.04 Å². The van der Waals surface area contributed by atoms with Crippen molar-refractivity contribution in [2.24, 2.45) is 5.73 Å². The van der Waals surface area contributed by atoms with Crippen LogP contribution in [-0.2, 0) is 0 Å². The minimum absolute atomic E-state index is 0.229. The Labute approximate surface area is 79.3 Å². The average molecular weight is 182 g/mol. The second kappa shape index (κ2) is 4.44. The van der Waals surface area contributed by atoms with Gasteiger partial charge in [-0.3, -0.25) is 0 Å². The first-order valence-electron chi connectivity index (χ1n) is 4.66. The molecular weight excluding hydrogens is 164 g/mol. The number of aryl methyl sites for hydroxylation is 1. The van der Waals surface area contributed by atoms with E-state index in [4.69, 9.17) is 10.2 Å². The Morgan fingerprint density at radius 3 is 2.62 bits per heavy atom. The molecule has 0 aromatic carbocycles. The van der Waals surface area contributed by atoms with Crippen molar-refractivity contribution in [1.29, 1.82) is 0 Å². The molecule has 0 aliphatic heterocycles. The molecule has 0 aliphatic rings. The van der Waals surface area contributed by atoms with Crippen molar-refractivity contribution >= 4 is 0 Å². The molecule has 74 valence electrons. The summed E-state index contributed by atoms with van der Waals surface area (Å²) < 4.78 is 5.49. The average Bonchev–Trinajstić information content (AvgIpc) is 2.51. The van der Waals surface area contributed by atoms with Crippen molar-refractivity contribution in [3.05, 3.63) is 23.7 Å². The summed E-state index contributed by atoms with van der Waals surface area (Å²) in [6.45, 7) is 6.73. The van der Waals surface area contributed by atoms with Crippen LogP contribution in [0.4, 0.5) is 0 Å². The lowest BCUT2D eigenvalue weighted by atomic mass is 10.2. The first-order valence-corrected chi connectivity index (χ1v) is 4.66. The van der Waals surface area contributed by atoms with E-state index in [0.717, 1.165) is 11.5 Å². The third-order valence-electron chi connectivity index (χ3n) is 2.08. The van der Waals surface area contributed by atoms with E-state index in [1.165, 1.54) is 0 Å². The third kappa shape index (κ3) is 2.86. The number of hydrogen-bond acceptors (Lipinski definition) is 3. The van der Waals surface area contributed by atoms with Crippen LogP contribution in [0.5, 0.6) is 0 Å². The van der Waals surface area contributed by atoms with Crippen molar-refractivity contribution in [3.63, 3.8) is 0 Å². The summed E-state index contributed by atoms with van der Waals surface area (Å²) in [6, 6.07) is 4.52. The van der Waals surface area contributed by atoms with Crippen LogP contribution in [0.25, 0.3) is 0 Å². The van der Waals surface area contributed by atoms with Gasteiger partial charge in [-0.25, -0.2) is 0 Å². The van der Waals surface area contributed by atoms with Crippen LogP contribution in [0.1, 0.15) is 31.4 Å². The van der Waals surface area contributed by atoms with Crippen LogP contribution < -0.4 is 11.1 Å². The highest BCUT2D eigenvalue weighted by molar-refractivity contribution is 5.09. The fraction of sp³-hybridized carbons (Fsp3) is 0.600. The lowest BCUT2D eigenvalue weighted by Gasteiger charge is -2.16. The molecule has 0 radical (unpaired) electrons. The molecule has 3 heteroatoms. The molecule has 3 N–H and O–H groups in total. The van der Waals surface area contributed by atoms with E-state index in [1.54, 1.807) is 0 Å². The third-order valence-corrected chi connectivity index (χ3v) is 2.08. The lowest BCUT2D eigenvalue weighted by molar-refractivity contribution is 0.391. The zero-order valence-corrected chi connectivity index (χ0v) is 8.50. The van der Waals surface area contributed by atoms with Gasteiger partial charge in [0, 0.05) is 12.6 Å². The maximum atomic E-state index is 5.51. The Bertz CT molecular complexity index is 257. The van der Waals surface area contributed by atoms with Gasteiger partial charge in [-0.2, -0.15) is 0 Å². The summed E-state index contributed by atoms with van der Waals surface area (Å²) in [4.78, 5) is 0. The summed E-state index contributed by atoms with van der Waals surface area (Å²) in [5.74, 6) is 1.92. The standard InChI is InChI=1S/C10H18N2O/c1-7(6-11)12-9(3)10-5-4-8(2)13-10/h4-5,7,9,12H,6,11H2,1-3H3. The van der Waals surface area contributed by atoms with Crippen molar-refractivity contribution in [2.75, 3.05) is 6.54 Å². The van der Waals surface area contributed by atoms with Gasteiger partial charge in [0.1, 0.15) is 11.5 Å². The van der Waals surface area contributed by atoms with Gasteiger partial charge in [0.15, 0.2) is 0 Å². The summed E-state index contributed by atoms with van der Waals surface area (Å²) in [5, 5.41) is 3.34. The quantitative estimate of drug-likeness (QED) is 0.743. The maximum Gasteiger partial charge on any atom is 0.120 e. The minimum atomic E-state index is 0.229. The van der Waals surface area contributed by atoms with Crippen LogP contribution in [-0.4, -0.2) is 12.6 Å². The molecule has 0 fully saturated rings. The van der Waals surface area contributed by atoms with E-state index in [-0.39, 0.29) is 6.04 Å². The van der Waals surface area contributed by atoms with E-state index in [2.05, 4.69) is 19.2 Å². The first-order chi connectivity index (χ1) is 6.13. The first kappa shape index (κ1) is 10.3. The Kier molecular flexibility index (Phi) is 3.51. The van der Waals surface area contributed by atoms with E-state index in [0.29, 0.717) is 12.6 Å². The van der Waals surface area contributed by atoms with Gasteiger partial charge in [-0.05, 0) is 32.9 Å². The summed E-state index contributed by atoms with van der Waals surface area (Å²) >= 11 is 0. The Morgan fingerprint density at radius 1 is 1.46 bits per heavy atom. The number of rotatable bonds is 4. The zero-order valence-electron chi connectivity index (χ0n) is 8.50. The van der Waals surface area contributed by atoms with Gasteiger partial charge in [-0.15, -0.1) is 0 Å². The predicted molar refractivity (Wildman–Crippen MR) is 53.5 cm³/mol. The van der Waals surface area contributed by atoms with Crippen molar-refractivity contribution in [1.82, 2.24) is 5.32 Å². The summed E-state index contributed by atoms with van der Waals surface area (Å²) in [5.41, 5.74) is 5.51. The molecule has 0 aliphatic carbocycles. The zero-order chi connectivity index (χ0) is 9.84. The summed E-state index contributed by atoms with van der Waals surface area (Å²) in [6.07, 6.45) is 0. The molecule has 0 saturated carbocycles. The van der Waals surface area contributed by atoms with Gasteiger partial charge >= 0.3 is 0 Å². The smallest absolute Gasteiger partial charge is 0.120 e. The predicted octanol–water partition coefficient (Wildman–Crippen LogP) is 1.59. The van der Waals surface area contributed by atoms with Gasteiger partial charge in [-0.1, -0.05) is 0 Å². The number of nitrogens with one attached hydrogen (secondary N) is 1. The second-order valence-corrected chi connectivity index (χ2v) is 3.47. The van der Waals surface area contributed by atoms with Crippen LogP contribution in [0.15, 0.2) is 16.5 Å². The van der Waals surface area contributed by atoms with Crippen molar-refractivity contribution in [2.45, 2.75) is 32.9 Å². The largest absolute Gasteiger partial charge is 0.465 e. The van der Waals surface area contributed by atoms with Gasteiger partial charge < -0.3 is 15.5 Å². The molecule has 2 unspecified atom stereocenters. The fourth-order valence-electron chi connectivity index (χ4n) is 1.26. The molecular formula is C10H18N2O. The molecule has 0 saturated heterocycles. The molecule has 1 aromatic rings. The topological polar surface area (TPSA) is 51.2 Å². The highest BCUT2D eigenvalue weighted by Gasteiger charge is 2.10.